The Kier molecular flexibility index (Phi) is 5.69. The van der Waals surface area contributed by atoms with Gasteiger partial charge in [-0.1, -0.05) is 27.7 Å². The molecule has 0 radical (unpaired) electrons. The normalized spacial score (nSPS) is 11.4. The lowest BCUT2D eigenvalue weighted by Crippen LogP contribution is -1.99. The number of hydrogen-bond acceptors (Lipinski definition) is 6. The van der Waals surface area contributed by atoms with E-state index in [2.05, 4.69) is 15.5 Å². The lowest BCUT2D eigenvalue weighted by Gasteiger charge is -2.16. The van der Waals surface area contributed by atoms with Crippen molar-refractivity contribution in [3.05, 3.63) is 57.3 Å². The highest BCUT2D eigenvalue weighted by atomic mass is 16.6. The topological polar surface area (TPSA) is 101 Å². The zero-order valence-corrected chi connectivity index (χ0v) is 14.7. The van der Waals surface area contributed by atoms with Crippen LogP contribution in [0.1, 0.15) is 56.2 Å². The van der Waals surface area contributed by atoms with Gasteiger partial charge in [0.1, 0.15) is 17.8 Å². The highest BCUT2D eigenvalue weighted by Crippen LogP contribution is 2.34. The van der Waals surface area contributed by atoms with Crippen LogP contribution in [-0.4, -0.2) is 21.2 Å². The van der Waals surface area contributed by atoms with Crippen LogP contribution < -0.4 is 5.43 Å². The van der Waals surface area contributed by atoms with Crippen LogP contribution >= 0.6 is 0 Å². The number of nitro groups is 1. The van der Waals surface area contributed by atoms with Gasteiger partial charge in [0.15, 0.2) is 0 Å². The van der Waals surface area contributed by atoms with Gasteiger partial charge in [-0.25, -0.2) is 4.98 Å². The minimum Gasteiger partial charge on any atom is -0.507 e. The highest BCUT2D eigenvalue weighted by molar-refractivity contribution is 5.81. The summed E-state index contributed by atoms with van der Waals surface area (Å²) < 4.78 is 0. The molecule has 2 rings (SSSR count). The molecule has 7 nitrogen and oxygen atoms in total. The van der Waals surface area contributed by atoms with E-state index in [1.807, 2.05) is 39.8 Å². The van der Waals surface area contributed by atoms with Gasteiger partial charge in [-0.2, -0.15) is 5.10 Å². The van der Waals surface area contributed by atoms with Crippen molar-refractivity contribution in [1.82, 2.24) is 4.98 Å². The van der Waals surface area contributed by atoms with Gasteiger partial charge in [0.05, 0.1) is 11.1 Å². The number of aromatic nitrogens is 1. The van der Waals surface area contributed by atoms with E-state index in [9.17, 15) is 15.2 Å². The first-order valence-electron chi connectivity index (χ1n) is 8.06. The Morgan fingerprint density at radius 2 is 1.80 bits per heavy atom. The van der Waals surface area contributed by atoms with Crippen molar-refractivity contribution in [2.75, 3.05) is 5.43 Å². The van der Waals surface area contributed by atoms with Crippen molar-refractivity contribution in [2.45, 2.75) is 39.5 Å². The largest absolute Gasteiger partial charge is 0.507 e. The lowest BCUT2D eigenvalue weighted by molar-refractivity contribution is -0.385. The molecular formula is C18H22N4O3. The first kappa shape index (κ1) is 18.4. The molecule has 0 amide bonds. The molecule has 0 fully saturated rings. The number of phenolic OH excluding ortho intramolecular Hbond substituents is 1. The van der Waals surface area contributed by atoms with Crippen molar-refractivity contribution >= 4 is 17.7 Å². The molecule has 0 aliphatic rings. The molecule has 1 aromatic carbocycles. The average Bonchev–Trinajstić information content (AvgIpc) is 2.56. The fraction of sp³-hybridized carbons (Fsp3) is 0.333. The molecule has 0 unspecified atom stereocenters. The SMILES string of the molecule is CC(C)c1cc(/C=N/Nc2ccc([N+](=O)[O-])cn2)cc(C(C)C)c1O. The predicted octanol–water partition coefficient (Wildman–Crippen LogP) is 4.39. The number of nitrogens with one attached hydrogen (secondary N) is 1. The Labute approximate surface area is 146 Å². The molecule has 0 spiro atoms. The minimum atomic E-state index is -0.503. The van der Waals surface area contributed by atoms with Gasteiger partial charge >= 0.3 is 0 Å². The summed E-state index contributed by atoms with van der Waals surface area (Å²) in [6.45, 7) is 8.11. The van der Waals surface area contributed by atoms with Crippen LogP contribution in [0.15, 0.2) is 35.6 Å². The fourth-order valence-corrected chi connectivity index (χ4v) is 2.39. The molecule has 2 N–H and O–H groups in total. The number of hydrazone groups is 1. The standard InChI is InChI=1S/C18H22N4O3/c1-11(2)15-7-13(8-16(12(3)4)18(15)23)9-20-21-17-6-5-14(10-19-17)22(24)25/h5-12,23H,1-4H3,(H,19,21)/b20-9+. The van der Waals surface area contributed by atoms with Gasteiger partial charge in [0.2, 0.25) is 0 Å². The summed E-state index contributed by atoms with van der Waals surface area (Å²) in [5, 5.41) is 25.1. The monoisotopic (exact) mass is 342 g/mol. The van der Waals surface area contributed by atoms with Crippen LogP contribution in [0.4, 0.5) is 11.5 Å². The Bertz CT molecular complexity index is 754. The van der Waals surface area contributed by atoms with Crippen molar-refractivity contribution in [2.24, 2.45) is 5.10 Å². The maximum atomic E-state index is 10.6. The number of pyridine rings is 1. The molecule has 7 heteroatoms. The number of nitrogens with zero attached hydrogens (tertiary/aromatic N) is 3. The summed E-state index contributed by atoms with van der Waals surface area (Å²) in [5.41, 5.74) is 5.28. The van der Waals surface area contributed by atoms with Crippen molar-refractivity contribution < 1.29 is 10.0 Å². The molecule has 2 aromatic rings. The minimum absolute atomic E-state index is 0.0729. The Balaban J connectivity index is 2.21. The zero-order chi connectivity index (χ0) is 18.6. The molecule has 0 aliphatic carbocycles. The zero-order valence-electron chi connectivity index (χ0n) is 14.7. The van der Waals surface area contributed by atoms with Crippen LogP contribution in [-0.2, 0) is 0 Å². The predicted molar refractivity (Wildman–Crippen MR) is 98.4 cm³/mol. The van der Waals surface area contributed by atoms with Gasteiger partial charge in [-0.3, -0.25) is 15.5 Å². The van der Waals surface area contributed by atoms with Gasteiger partial charge < -0.3 is 5.11 Å². The van der Waals surface area contributed by atoms with Gasteiger partial charge in [-0.15, -0.1) is 0 Å². The second-order valence-electron chi connectivity index (χ2n) is 6.39. The molecule has 1 heterocycles. The summed E-state index contributed by atoms with van der Waals surface area (Å²) in [5.74, 6) is 1.13. The maximum absolute atomic E-state index is 10.6. The molecule has 0 atom stereocenters. The number of aromatic hydroxyl groups is 1. The summed E-state index contributed by atoms with van der Waals surface area (Å²) in [6, 6.07) is 6.66. The van der Waals surface area contributed by atoms with E-state index < -0.39 is 4.92 Å². The van der Waals surface area contributed by atoms with Crippen LogP contribution in [0.2, 0.25) is 0 Å². The summed E-state index contributed by atoms with van der Waals surface area (Å²) in [7, 11) is 0. The van der Waals surface area contributed by atoms with Crippen molar-refractivity contribution in [1.29, 1.82) is 0 Å². The Morgan fingerprint density at radius 1 is 1.20 bits per heavy atom. The smallest absolute Gasteiger partial charge is 0.287 e. The third-order valence-electron chi connectivity index (χ3n) is 3.79. The number of phenols is 1. The van der Waals surface area contributed by atoms with Crippen LogP contribution in [0, 0.1) is 10.1 Å². The molecule has 25 heavy (non-hydrogen) atoms. The van der Waals surface area contributed by atoms with E-state index in [1.165, 1.54) is 18.3 Å². The quantitative estimate of drug-likeness (QED) is 0.461. The van der Waals surface area contributed by atoms with Gasteiger partial charge in [-0.05, 0) is 46.7 Å². The summed E-state index contributed by atoms with van der Waals surface area (Å²) in [6.07, 6.45) is 2.81. The Morgan fingerprint density at radius 3 is 2.24 bits per heavy atom. The van der Waals surface area contributed by atoms with Gasteiger partial charge in [0.25, 0.3) is 5.69 Å². The van der Waals surface area contributed by atoms with E-state index in [4.69, 9.17) is 0 Å². The molecule has 0 saturated heterocycles. The van der Waals surface area contributed by atoms with E-state index in [-0.39, 0.29) is 17.5 Å². The van der Waals surface area contributed by atoms with Crippen LogP contribution in [0.5, 0.6) is 5.75 Å². The third kappa shape index (κ3) is 4.53. The molecule has 132 valence electrons. The first-order chi connectivity index (χ1) is 11.8. The number of benzene rings is 1. The first-order valence-corrected chi connectivity index (χ1v) is 8.06. The van der Waals surface area contributed by atoms with E-state index in [1.54, 1.807) is 6.21 Å². The number of anilines is 1. The van der Waals surface area contributed by atoms with Crippen molar-refractivity contribution in [3.8, 4) is 5.75 Å². The second kappa shape index (κ2) is 7.74. The number of hydrogen-bond donors (Lipinski definition) is 2. The fourth-order valence-electron chi connectivity index (χ4n) is 2.39. The molecule has 0 aliphatic heterocycles. The van der Waals surface area contributed by atoms with Crippen molar-refractivity contribution in [3.63, 3.8) is 0 Å². The molecule has 0 saturated carbocycles. The molecule has 0 bridgehead atoms. The Hall–Kier alpha value is -2.96. The van der Waals surface area contributed by atoms with Gasteiger partial charge in [0, 0.05) is 6.07 Å². The summed E-state index contributed by atoms with van der Waals surface area (Å²) in [4.78, 5) is 14.0. The van der Waals surface area contributed by atoms with E-state index in [0.29, 0.717) is 11.6 Å². The van der Waals surface area contributed by atoms with E-state index in [0.717, 1.165) is 16.7 Å². The molecule has 1 aromatic heterocycles. The highest BCUT2D eigenvalue weighted by Gasteiger charge is 2.14. The second-order valence-corrected chi connectivity index (χ2v) is 6.39. The third-order valence-corrected chi connectivity index (χ3v) is 3.79. The summed E-state index contributed by atoms with van der Waals surface area (Å²) >= 11 is 0. The van der Waals surface area contributed by atoms with Crippen LogP contribution in [0.3, 0.4) is 0 Å². The lowest BCUT2D eigenvalue weighted by atomic mass is 9.92. The van der Waals surface area contributed by atoms with Crippen LogP contribution in [0.25, 0.3) is 0 Å². The molecular weight excluding hydrogens is 320 g/mol. The van der Waals surface area contributed by atoms with E-state index >= 15 is 0 Å². The maximum Gasteiger partial charge on any atom is 0.287 e. The number of rotatable bonds is 6. The average molecular weight is 342 g/mol.